The van der Waals surface area contributed by atoms with Gasteiger partial charge < -0.3 is 13.9 Å². The zero-order valence-corrected chi connectivity index (χ0v) is 11.7. The van der Waals surface area contributed by atoms with Gasteiger partial charge in [-0.1, -0.05) is 32.0 Å². The fraction of sp³-hybridized carbons (Fsp3) is 0.467. The summed E-state index contributed by atoms with van der Waals surface area (Å²) in [5.74, 6) is 0.648. The molecule has 1 fully saturated rings. The van der Waals surface area contributed by atoms with E-state index in [4.69, 9.17) is 13.9 Å². The minimum Gasteiger partial charge on any atom is -0.420 e. The summed E-state index contributed by atoms with van der Waals surface area (Å²) in [5, 5.41) is 8.20. The monoisotopic (exact) mass is 274 g/mol. The molecule has 1 saturated heterocycles. The highest BCUT2D eigenvalue weighted by Gasteiger charge is 2.41. The molecule has 0 atom stereocenters. The van der Waals surface area contributed by atoms with E-state index in [0.29, 0.717) is 31.4 Å². The molecule has 1 aliphatic heterocycles. The first kappa shape index (κ1) is 13.3. The van der Waals surface area contributed by atoms with Crippen LogP contribution >= 0.6 is 0 Å². The summed E-state index contributed by atoms with van der Waals surface area (Å²) in [6.45, 7) is 5.36. The van der Waals surface area contributed by atoms with Crippen molar-refractivity contribution >= 4 is 0 Å². The first-order valence-corrected chi connectivity index (χ1v) is 6.85. The Hall–Kier alpha value is -1.72. The molecule has 2 heterocycles. The molecular formula is C15H18N2O3. The number of aromatic nitrogens is 2. The highest BCUT2D eigenvalue weighted by molar-refractivity contribution is 5.51. The van der Waals surface area contributed by atoms with Gasteiger partial charge >= 0.3 is 0 Å². The fourth-order valence-electron chi connectivity index (χ4n) is 2.34. The second-order valence-corrected chi connectivity index (χ2v) is 5.21. The van der Waals surface area contributed by atoms with Gasteiger partial charge in [0.15, 0.2) is 5.79 Å². The Bertz CT molecular complexity index is 560. The normalized spacial score (nSPS) is 17.8. The van der Waals surface area contributed by atoms with Crippen molar-refractivity contribution in [2.45, 2.75) is 26.1 Å². The minimum absolute atomic E-state index is 0.220. The van der Waals surface area contributed by atoms with E-state index in [9.17, 15) is 0 Å². The van der Waals surface area contributed by atoms with Crippen LogP contribution in [0.4, 0.5) is 0 Å². The van der Waals surface area contributed by atoms with Crippen LogP contribution in [0.15, 0.2) is 34.7 Å². The molecular weight excluding hydrogens is 256 g/mol. The van der Waals surface area contributed by atoms with E-state index >= 15 is 0 Å². The van der Waals surface area contributed by atoms with Gasteiger partial charge in [-0.25, -0.2) is 0 Å². The maximum absolute atomic E-state index is 5.77. The molecule has 0 radical (unpaired) electrons. The van der Waals surface area contributed by atoms with Crippen molar-refractivity contribution in [3.63, 3.8) is 0 Å². The van der Waals surface area contributed by atoms with Crippen molar-refractivity contribution < 1.29 is 13.9 Å². The van der Waals surface area contributed by atoms with Crippen LogP contribution in [-0.4, -0.2) is 29.2 Å². The summed E-state index contributed by atoms with van der Waals surface area (Å²) in [6.07, 6.45) is 0.477. The molecule has 0 unspecified atom stereocenters. The Morgan fingerprint density at radius 3 is 2.45 bits per heavy atom. The summed E-state index contributed by atoms with van der Waals surface area (Å²) in [7, 11) is 0. The van der Waals surface area contributed by atoms with Crippen LogP contribution in [0.2, 0.25) is 0 Å². The van der Waals surface area contributed by atoms with E-state index in [1.165, 1.54) is 0 Å². The molecule has 1 aliphatic rings. The van der Waals surface area contributed by atoms with E-state index < -0.39 is 5.79 Å². The second-order valence-electron chi connectivity index (χ2n) is 5.21. The molecule has 1 aromatic heterocycles. The molecule has 20 heavy (non-hydrogen) atoms. The Morgan fingerprint density at radius 1 is 1.10 bits per heavy atom. The van der Waals surface area contributed by atoms with Crippen molar-refractivity contribution in [1.82, 2.24) is 10.2 Å². The van der Waals surface area contributed by atoms with Gasteiger partial charge in [0.1, 0.15) is 0 Å². The first-order chi connectivity index (χ1) is 9.70. The summed E-state index contributed by atoms with van der Waals surface area (Å²) >= 11 is 0. The van der Waals surface area contributed by atoms with Gasteiger partial charge in [0, 0.05) is 11.5 Å². The lowest BCUT2D eigenvalue weighted by atomic mass is 9.99. The summed E-state index contributed by atoms with van der Waals surface area (Å²) in [6, 6.07) is 9.72. The molecule has 0 aliphatic carbocycles. The number of benzene rings is 1. The molecule has 5 nitrogen and oxygen atoms in total. The molecule has 0 saturated carbocycles. The Morgan fingerprint density at radius 2 is 1.80 bits per heavy atom. The zero-order valence-electron chi connectivity index (χ0n) is 11.7. The number of hydrogen-bond acceptors (Lipinski definition) is 5. The molecule has 106 valence electrons. The van der Waals surface area contributed by atoms with Crippen molar-refractivity contribution in [2.75, 3.05) is 13.2 Å². The molecule has 0 N–H and O–H groups in total. The molecule has 0 amide bonds. The lowest BCUT2D eigenvalue weighted by Gasteiger charge is -2.29. The Labute approximate surface area is 117 Å². The molecule has 0 bridgehead atoms. The van der Waals surface area contributed by atoms with Gasteiger partial charge in [-0.15, -0.1) is 10.2 Å². The predicted molar refractivity (Wildman–Crippen MR) is 72.9 cm³/mol. The Balaban J connectivity index is 1.80. The van der Waals surface area contributed by atoms with Crippen LogP contribution in [-0.2, 0) is 15.9 Å². The van der Waals surface area contributed by atoms with Crippen molar-refractivity contribution in [3.8, 4) is 11.5 Å². The summed E-state index contributed by atoms with van der Waals surface area (Å²) in [5.41, 5.74) is 0.915. The van der Waals surface area contributed by atoms with Crippen molar-refractivity contribution in [3.05, 3.63) is 36.2 Å². The van der Waals surface area contributed by atoms with E-state index in [1.807, 2.05) is 30.3 Å². The van der Waals surface area contributed by atoms with Crippen molar-refractivity contribution in [1.29, 1.82) is 0 Å². The van der Waals surface area contributed by atoms with Crippen LogP contribution in [0.25, 0.3) is 11.5 Å². The molecule has 1 aromatic carbocycles. The maximum Gasteiger partial charge on any atom is 0.247 e. The molecule has 3 rings (SSSR count). The van der Waals surface area contributed by atoms with Crippen LogP contribution < -0.4 is 0 Å². The standard InChI is InChI=1S/C15H18N2O3/c1-11(2)15(18-8-9-19-15)10-13-16-17-14(20-13)12-6-4-3-5-7-12/h3-7,11H,8-10H2,1-2H3. The van der Waals surface area contributed by atoms with Gasteiger partial charge in [-0.2, -0.15) is 0 Å². The number of hydrogen-bond donors (Lipinski definition) is 0. The van der Waals surface area contributed by atoms with Gasteiger partial charge in [0.2, 0.25) is 11.8 Å². The summed E-state index contributed by atoms with van der Waals surface area (Å²) < 4.78 is 17.3. The van der Waals surface area contributed by atoms with Gasteiger partial charge in [-0.05, 0) is 12.1 Å². The fourth-order valence-corrected chi connectivity index (χ4v) is 2.34. The quantitative estimate of drug-likeness (QED) is 0.858. The van der Waals surface area contributed by atoms with Crippen molar-refractivity contribution in [2.24, 2.45) is 5.92 Å². The highest BCUT2D eigenvalue weighted by atomic mass is 16.7. The van der Waals surface area contributed by atoms with Gasteiger partial charge in [-0.3, -0.25) is 0 Å². The SMILES string of the molecule is CC(C)C1(Cc2nnc(-c3ccccc3)o2)OCCO1. The van der Waals surface area contributed by atoms with Crippen LogP contribution in [0.5, 0.6) is 0 Å². The Kier molecular flexibility index (Phi) is 3.54. The lowest BCUT2D eigenvalue weighted by molar-refractivity contribution is -0.189. The lowest BCUT2D eigenvalue weighted by Crippen LogP contribution is -2.38. The minimum atomic E-state index is -0.638. The van der Waals surface area contributed by atoms with Crippen LogP contribution in [0.3, 0.4) is 0 Å². The second kappa shape index (κ2) is 5.34. The highest BCUT2D eigenvalue weighted by Crippen LogP contribution is 2.32. The van der Waals surface area contributed by atoms with Crippen LogP contribution in [0, 0.1) is 5.92 Å². The first-order valence-electron chi connectivity index (χ1n) is 6.85. The largest absolute Gasteiger partial charge is 0.420 e. The maximum atomic E-state index is 5.77. The van der Waals surface area contributed by atoms with E-state index in [0.717, 1.165) is 5.56 Å². The smallest absolute Gasteiger partial charge is 0.247 e. The average Bonchev–Trinajstić information content (AvgIpc) is 3.10. The third-order valence-electron chi connectivity index (χ3n) is 3.54. The average molecular weight is 274 g/mol. The third kappa shape index (κ3) is 2.46. The van der Waals surface area contributed by atoms with Crippen LogP contribution in [0.1, 0.15) is 19.7 Å². The topological polar surface area (TPSA) is 57.4 Å². The molecule has 0 spiro atoms. The summed E-state index contributed by atoms with van der Waals surface area (Å²) in [4.78, 5) is 0. The number of ether oxygens (including phenoxy) is 2. The third-order valence-corrected chi connectivity index (χ3v) is 3.54. The molecule has 5 heteroatoms. The predicted octanol–water partition coefficient (Wildman–Crippen LogP) is 2.68. The van der Waals surface area contributed by atoms with Gasteiger partial charge in [0.25, 0.3) is 0 Å². The number of nitrogens with zero attached hydrogens (tertiary/aromatic N) is 2. The molecule has 2 aromatic rings. The van der Waals surface area contributed by atoms with E-state index in [2.05, 4.69) is 24.0 Å². The van der Waals surface area contributed by atoms with E-state index in [-0.39, 0.29) is 5.92 Å². The van der Waals surface area contributed by atoms with E-state index in [1.54, 1.807) is 0 Å². The van der Waals surface area contributed by atoms with Gasteiger partial charge in [0.05, 0.1) is 19.6 Å². The zero-order chi connectivity index (χ0) is 14.0. The number of rotatable bonds is 4.